The Balaban J connectivity index is 1.40. The summed E-state index contributed by atoms with van der Waals surface area (Å²) >= 11 is 6.03. The van der Waals surface area contributed by atoms with Gasteiger partial charge in [-0.25, -0.2) is 0 Å². The molecule has 0 saturated carbocycles. The predicted octanol–water partition coefficient (Wildman–Crippen LogP) is 5.02. The Bertz CT molecular complexity index is 873. The number of aliphatic hydroxyl groups is 1. The minimum absolute atomic E-state index is 0.119. The Morgan fingerprint density at radius 2 is 2.06 bits per heavy atom. The molecule has 2 unspecified atom stereocenters. The number of nitrogens with one attached hydrogen (secondary N) is 1. The standard InChI is InChI=1S/C26H34ClNO4/c1-2-31-26(30)9-4-3-5-14-32-24-13-11-19-10-12-23(16-21(19)17-24)28-18-25(29)20-7-6-8-22(27)15-20/h6-8,11,13,15,17,23,25,28-29H,2-5,9-10,12,14,16,18H2,1H3. The number of benzene rings is 2. The average Bonchev–Trinajstić information content (AvgIpc) is 2.79. The third-order valence-electron chi connectivity index (χ3n) is 5.84. The van der Waals surface area contributed by atoms with E-state index in [4.69, 9.17) is 21.1 Å². The lowest BCUT2D eigenvalue weighted by atomic mass is 9.88. The molecular formula is C26H34ClNO4. The number of halogens is 1. The minimum atomic E-state index is -0.575. The molecule has 0 heterocycles. The van der Waals surface area contributed by atoms with Crippen LogP contribution in [0.25, 0.3) is 0 Å². The number of hydrogen-bond acceptors (Lipinski definition) is 5. The Labute approximate surface area is 196 Å². The van der Waals surface area contributed by atoms with Crippen LogP contribution in [0.3, 0.4) is 0 Å². The summed E-state index contributed by atoms with van der Waals surface area (Å²) in [5.41, 5.74) is 3.52. The molecule has 2 aromatic carbocycles. The van der Waals surface area contributed by atoms with Crippen molar-refractivity contribution in [1.29, 1.82) is 0 Å². The second-order valence-corrected chi connectivity index (χ2v) is 8.75. The van der Waals surface area contributed by atoms with E-state index in [1.54, 1.807) is 0 Å². The van der Waals surface area contributed by atoms with Gasteiger partial charge in [0.15, 0.2) is 0 Å². The highest BCUT2D eigenvalue weighted by atomic mass is 35.5. The molecule has 0 bridgehead atoms. The van der Waals surface area contributed by atoms with Gasteiger partial charge < -0.3 is 19.9 Å². The predicted molar refractivity (Wildman–Crippen MR) is 127 cm³/mol. The van der Waals surface area contributed by atoms with Crippen molar-refractivity contribution >= 4 is 17.6 Å². The summed E-state index contributed by atoms with van der Waals surface area (Å²) < 4.78 is 10.9. The van der Waals surface area contributed by atoms with Gasteiger partial charge in [-0.2, -0.15) is 0 Å². The van der Waals surface area contributed by atoms with Gasteiger partial charge in [-0.15, -0.1) is 0 Å². The highest BCUT2D eigenvalue weighted by Crippen LogP contribution is 2.26. The average molecular weight is 460 g/mol. The van der Waals surface area contributed by atoms with Gasteiger partial charge in [-0.1, -0.05) is 29.8 Å². The van der Waals surface area contributed by atoms with E-state index in [1.807, 2.05) is 37.3 Å². The van der Waals surface area contributed by atoms with Gasteiger partial charge in [0.1, 0.15) is 5.75 Å². The van der Waals surface area contributed by atoms with Crippen LogP contribution in [-0.2, 0) is 22.4 Å². The lowest BCUT2D eigenvalue weighted by molar-refractivity contribution is -0.143. The number of esters is 1. The van der Waals surface area contributed by atoms with Crippen LogP contribution in [0.2, 0.25) is 5.02 Å². The highest BCUT2D eigenvalue weighted by Gasteiger charge is 2.20. The van der Waals surface area contributed by atoms with Crippen LogP contribution < -0.4 is 10.1 Å². The number of aryl methyl sites for hydroxylation is 1. The van der Waals surface area contributed by atoms with Crippen molar-refractivity contribution in [2.45, 2.75) is 64.0 Å². The first-order valence-electron chi connectivity index (χ1n) is 11.6. The number of fused-ring (bicyclic) bond motifs is 1. The summed E-state index contributed by atoms with van der Waals surface area (Å²) in [7, 11) is 0. The molecule has 0 saturated heterocycles. The first kappa shape index (κ1) is 24.6. The molecule has 2 aromatic rings. The molecule has 0 aromatic heterocycles. The Morgan fingerprint density at radius 3 is 2.88 bits per heavy atom. The van der Waals surface area contributed by atoms with Gasteiger partial charge in [0, 0.05) is 24.0 Å². The van der Waals surface area contributed by atoms with Gasteiger partial charge in [-0.05, 0) is 86.4 Å². The summed E-state index contributed by atoms with van der Waals surface area (Å²) in [6.07, 6.45) is 5.60. The van der Waals surface area contributed by atoms with E-state index in [0.717, 1.165) is 49.8 Å². The molecular weight excluding hydrogens is 426 g/mol. The van der Waals surface area contributed by atoms with Crippen LogP contribution in [-0.4, -0.2) is 36.9 Å². The van der Waals surface area contributed by atoms with Crippen LogP contribution in [0.5, 0.6) is 5.75 Å². The number of hydrogen-bond donors (Lipinski definition) is 2. The van der Waals surface area contributed by atoms with Crippen molar-refractivity contribution in [2.24, 2.45) is 0 Å². The Hall–Kier alpha value is -2.08. The fourth-order valence-corrected chi connectivity index (χ4v) is 4.28. The van der Waals surface area contributed by atoms with Crippen LogP contribution in [0.4, 0.5) is 0 Å². The Morgan fingerprint density at radius 1 is 1.19 bits per heavy atom. The maximum Gasteiger partial charge on any atom is 0.305 e. The van der Waals surface area contributed by atoms with Crippen molar-refractivity contribution in [3.8, 4) is 5.75 Å². The zero-order valence-electron chi connectivity index (χ0n) is 18.8. The molecule has 0 fully saturated rings. The van der Waals surface area contributed by atoms with Gasteiger partial charge >= 0.3 is 5.97 Å². The third kappa shape index (κ3) is 7.80. The van der Waals surface area contributed by atoms with Crippen molar-refractivity contribution in [1.82, 2.24) is 5.32 Å². The quantitative estimate of drug-likeness (QED) is 0.344. The monoisotopic (exact) mass is 459 g/mol. The number of ether oxygens (including phenoxy) is 2. The summed E-state index contributed by atoms with van der Waals surface area (Å²) in [6.45, 7) is 3.42. The number of rotatable bonds is 12. The number of aliphatic hydroxyl groups excluding tert-OH is 1. The minimum Gasteiger partial charge on any atom is -0.494 e. The summed E-state index contributed by atoms with van der Waals surface area (Å²) in [5, 5.41) is 14.6. The SMILES string of the molecule is CCOC(=O)CCCCCOc1ccc2c(c1)CC(NCC(O)c1cccc(Cl)c1)CC2. The van der Waals surface area contributed by atoms with E-state index < -0.39 is 6.10 Å². The van der Waals surface area contributed by atoms with E-state index in [-0.39, 0.29) is 5.97 Å². The molecule has 0 amide bonds. The zero-order chi connectivity index (χ0) is 22.8. The maximum atomic E-state index is 11.4. The molecule has 5 nitrogen and oxygen atoms in total. The Kier molecular flexibility index (Phi) is 9.85. The van der Waals surface area contributed by atoms with Crippen molar-refractivity contribution in [2.75, 3.05) is 19.8 Å². The number of carbonyl (C=O) groups is 1. The van der Waals surface area contributed by atoms with E-state index in [9.17, 15) is 9.90 Å². The molecule has 0 radical (unpaired) electrons. The van der Waals surface area contributed by atoms with Crippen LogP contribution >= 0.6 is 11.6 Å². The van der Waals surface area contributed by atoms with Crippen molar-refractivity contribution in [3.05, 3.63) is 64.2 Å². The number of carbonyl (C=O) groups excluding carboxylic acids is 1. The maximum absolute atomic E-state index is 11.4. The molecule has 2 N–H and O–H groups in total. The highest BCUT2D eigenvalue weighted by molar-refractivity contribution is 6.30. The lowest BCUT2D eigenvalue weighted by Gasteiger charge is -2.27. The molecule has 1 aliphatic carbocycles. The smallest absolute Gasteiger partial charge is 0.305 e. The number of unbranched alkanes of at least 4 members (excludes halogenated alkanes) is 2. The molecule has 174 valence electrons. The summed E-state index contributed by atoms with van der Waals surface area (Å²) in [5.74, 6) is 0.778. The lowest BCUT2D eigenvalue weighted by Crippen LogP contribution is -2.37. The molecule has 2 atom stereocenters. The van der Waals surface area contributed by atoms with Gasteiger partial charge in [0.2, 0.25) is 0 Å². The molecule has 3 rings (SSSR count). The van der Waals surface area contributed by atoms with Crippen molar-refractivity contribution in [3.63, 3.8) is 0 Å². The second-order valence-electron chi connectivity index (χ2n) is 8.31. The van der Waals surface area contributed by atoms with Crippen LogP contribution in [0.1, 0.15) is 61.8 Å². The van der Waals surface area contributed by atoms with Crippen molar-refractivity contribution < 1.29 is 19.4 Å². The van der Waals surface area contributed by atoms with Gasteiger partial charge in [0.05, 0.1) is 19.3 Å². The summed E-state index contributed by atoms with van der Waals surface area (Å²) in [6, 6.07) is 14.1. The molecule has 0 spiro atoms. The van der Waals surface area contributed by atoms with E-state index in [2.05, 4.69) is 17.4 Å². The van der Waals surface area contributed by atoms with Crippen LogP contribution in [0.15, 0.2) is 42.5 Å². The zero-order valence-corrected chi connectivity index (χ0v) is 19.6. The van der Waals surface area contributed by atoms with Crippen LogP contribution in [0, 0.1) is 0 Å². The first-order chi connectivity index (χ1) is 15.5. The molecule has 6 heteroatoms. The topological polar surface area (TPSA) is 67.8 Å². The molecule has 1 aliphatic rings. The fourth-order valence-electron chi connectivity index (χ4n) is 4.08. The second kappa shape index (κ2) is 12.8. The largest absolute Gasteiger partial charge is 0.494 e. The van der Waals surface area contributed by atoms with E-state index >= 15 is 0 Å². The normalized spacial score (nSPS) is 16.3. The fraction of sp³-hybridized carbons (Fsp3) is 0.500. The van der Waals surface area contributed by atoms with Gasteiger partial charge in [0.25, 0.3) is 0 Å². The van der Waals surface area contributed by atoms with E-state index in [0.29, 0.717) is 37.2 Å². The first-order valence-corrected chi connectivity index (χ1v) is 12.0. The molecule has 32 heavy (non-hydrogen) atoms. The van der Waals surface area contributed by atoms with E-state index in [1.165, 1.54) is 11.1 Å². The van der Waals surface area contributed by atoms with Gasteiger partial charge in [-0.3, -0.25) is 4.79 Å². The molecule has 0 aliphatic heterocycles. The third-order valence-corrected chi connectivity index (χ3v) is 6.07. The summed E-state index contributed by atoms with van der Waals surface area (Å²) in [4.78, 5) is 11.4.